The molecule has 1 aromatic heterocycles. The highest BCUT2D eigenvalue weighted by Gasteiger charge is 2.30. The number of nitrogens with zero attached hydrogens (tertiary/aromatic N) is 3. The van der Waals surface area contributed by atoms with Crippen LogP contribution in [0.1, 0.15) is 23.3 Å². The van der Waals surface area contributed by atoms with Crippen LogP contribution >= 0.6 is 0 Å². The maximum atomic E-state index is 12.9. The fourth-order valence-electron chi connectivity index (χ4n) is 3.37. The third kappa shape index (κ3) is 5.35. The predicted molar refractivity (Wildman–Crippen MR) is 109 cm³/mol. The summed E-state index contributed by atoms with van der Waals surface area (Å²) in [6.07, 6.45) is 1.57. The Morgan fingerprint density at radius 2 is 2.17 bits per heavy atom. The van der Waals surface area contributed by atoms with E-state index in [4.69, 9.17) is 9.26 Å². The molecule has 1 aromatic carbocycles. The Morgan fingerprint density at radius 3 is 2.93 bits per heavy atom. The van der Waals surface area contributed by atoms with Crippen molar-refractivity contribution in [1.29, 1.82) is 0 Å². The summed E-state index contributed by atoms with van der Waals surface area (Å²) in [7, 11) is 5.52. The summed E-state index contributed by atoms with van der Waals surface area (Å²) >= 11 is 0. The topological polar surface area (TPSA) is 87.9 Å². The summed E-state index contributed by atoms with van der Waals surface area (Å²) in [5, 5.41) is 6.90. The lowest BCUT2D eigenvalue weighted by molar-refractivity contribution is -0.126. The molecule has 8 nitrogen and oxygen atoms in total. The summed E-state index contributed by atoms with van der Waals surface area (Å²) in [6, 6.07) is 9.01. The third-order valence-electron chi connectivity index (χ3n) is 5.02. The van der Waals surface area contributed by atoms with Crippen LogP contribution in [-0.4, -0.2) is 74.2 Å². The Bertz CT molecular complexity index is 849. The molecule has 1 fully saturated rings. The first kappa shape index (κ1) is 20.9. The lowest BCUT2D eigenvalue weighted by atomic mass is 9.97. The van der Waals surface area contributed by atoms with E-state index in [9.17, 15) is 9.59 Å². The van der Waals surface area contributed by atoms with Crippen molar-refractivity contribution in [2.24, 2.45) is 5.92 Å². The van der Waals surface area contributed by atoms with Crippen LogP contribution in [0.4, 0.5) is 0 Å². The number of amides is 2. The van der Waals surface area contributed by atoms with E-state index in [0.717, 1.165) is 24.9 Å². The highest BCUT2D eigenvalue weighted by Crippen LogP contribution is 2.25. The van der Waals surface area contributed by atoms with Gasteiger partial charge in [0.1, 0.15) is 5.75 Å². The Kier molecular flexibility index (Phi) is 6.87. The quantitative estimate of drug-likeness (QED) is 0.764. The van der Waals surface area contributed by atoms with Gasteiger partial charge in [-0.3, -0.25) is 9.59 Å². The minimum atomic E-state index is -0.214. The predicted octanol–water partition coefficient (Wildman–Crippen LogP) is 1.88. The normalized spacial score (nSPS) is 16.7. The number of piperidine rings is 1. The van der Waals surface area contributed by atoms with Crippen molar-refractivity contribution in [3.8, 4) is 17.1 Å². The van der Waals surface area contributed by atoms with Gasteiger partial charge in [0, 0.05) is 37.8 Å². The van der Waals surface area contributed by atoms with Gasteiger partial charge in [-0.25, -0.2) is 0 Å². The second-order valence-electron chi connectivity index (χ2n) is 7.49. The second-order valence-corrected chi connectivity index (χ2v) is 7.49. The maximum absolute atomic E-state index is 12.9. The summed E-state index contributed by atoms with van der Waals surface area (Å²) in [4.78, 5) is 29.0. The van der Waals surface area contributed by atoms with Crippen LogP contribution in [0.5, 0.6) is 5.75 Å². The van der Waals surface area contributed by atoms with Crippen molar-refractivity contribution < 1.29 is 18.8 Å². The van der Waals surface area contributed by atoms with Gasteiger partial charge in [0.2, 0.25) is 5.91 Å². The number of hydrogen-bond acceptors (Lipinski definition) is 6. The molecule has 1 atom stereocenters. The van der Waals surface area contributed by atoms with Gasteiger partial charge in [-0.15, -0.1) is 0 Å². The van der Waals surface area contributed by atoms with Crippen LogP contribution in [0.15, 0.2) is 34.9 Å². The fraction of sp³-hybridized carbons (Fsp3) is 0.476. The number of hydrogen-bond donors (Lipinski definition) is 1. The molecule has 8 heteroatoms. The summed E-state index contributed by atoms with van der Waals surface area (Å²) in [6.45, 7) is 2.40. The van der Waals surface area contributed by atoms with Crippen molar-refractivity contribution in [1.82, 2.24) is 20.3 Å². The van der Waals surface area contributed by atoms with Crippen molar-refractivity contribution in [3.05, 3.63) is 36.0 Å². The van der Waals surface area contributed by atoms with E-state index in [1.54, 1.807) is 18.1 Å². The average molecular weight is 400 g/mol. The van der Waals surface area contributed by atoms with Crippen molar-refractivity contribution in [3.63, 3.8) is 0 Å². The Hall–Kier alpha value is -2.87. The van der Waals surface area contributed by atoms with Gasteiger partial charge in [0.05, 0.1) is 13.0 Å². The molecule has 29 heavy (non-hydrogen) atoms. The molecule has 0 spiro atoms. The molecule has 2 heterocycles. The Balaban J connectivity index is 1.62. The number of likely N-dealkylation sites (N-methyl/N-ethyl adjacent to an activating group) is 1. The average Bonchev–Trinajstić information content (AvgIpc) is 3.23. The number of carbonyl (C=O) groups excluding carboxylic acids is 2. The number of nitrogens with one attached hydrogen (secondary N) is 1. The first-order valence-electron chi connectivity index (χ1n) is 9.81. The second kappa shape index (κ2) is 9.56. The van der Waals surface area contributed by atoms with Crippen LogP contribution in [-0.2, 0) is 4.79 Å². The number of aromatic nitrogens is 1. The van der Waals surface area contributed by atoms with Gasteiger partial charge in [-0.05, 0) is 39.1 Å². The lowest BCUT2D eigenvalue weighted by Gasteiger charge is -2.31. The highest BCUT2D eigenvalue weighted by atomic mass is 16.5. The molecule has 1 unspecified atom stereocenters. The van der Waals surface area contributed by atoms with Crippen molar-refractivity contribution in [2.75, 3.05) is 47.4 Å². The van der Waals surface area contributed by atoms with E-state index in [-0.39, 0.29) is 23.4 Å². The van der Waals surface area contributed by atoms with Crippen molar-refractivity contribution in [2.45, 2.75) is 12.8 Å². The van der Waals surface area contributed by atoms with E-state index in [2.05, 4.69) is 10.5 Å². The molecule has 0 aliphatic carbocycles. The summed E-state index contributed by atoms with van der Waals surface area (Å²) in [5.41, 5.74) is 1.03. The minimum absolute atomic E-state index is 0.00146. The number of rotatable bonds is 7. The number of ether oxygens (including phenoxy) is 1. The van der Waals surface area contributed by atoms with Crippen molar-refractivity contribution >= 4 is 11.8 Å². The SMILES string of the molecule is COc1cccc(-c2cc(C(=O)N3CCCC(C(=O)NCCN(C)C)C3)no2)c1. The molecule has 2 amide bonds. The zero-order chi connectivity index (χ0) is 20.8. The Morgan fingerprint density at radius 1 is 1.34 bits per heavy atom. The molecule has 1 aliphatic heterocycles. The van der Waals surface area contributed by atoms with Gasteiger partial charge >= 0.3 is 0 Å². The molecule has 1 saturated heterocycles. The van der Waals surface area contributed by atoms with Crippen LogP contribution < -0.4 is 10.1 Å². The van der Waals surface area contributed by atoms with E-state index in [0.29, 0.717) is 31.1 Å². The van der Waals surface area contributed by atoms with Crippen LogP contribution in [0.3, 0.4) is 0 Å². The number of benzene rings is 1. The first-order valence-corrected chi connectivity index (χ1v) is 9.81. The zero-order valence-electron chi connectivity index (χ0n) is 17.2. The molecule has 3 rings (SSSR count). The van der Waals surface area contributed by atoms with Gasteiger partial charge < -0.3 is 24.4 Å². The number of methoxy groups -OCH3 is 1. The molecule has 1 aliphatic rings. The van der Waals surface area contributed by atoms with E-state index in [1.165, 1.54) is 0 Å². The largest absolute Gasteiger partial charge is 0.497 e. The first-order chi connectivity index (χ1) is 14.0. The highest BCUT2D eigenvalue weighted by molar-refractivity contribution is 5.93. The maximum Gasteiger partial charge on any atom is 0.276 e. The monoisotopic (exact) mass is 400 g/mol. The van der Waals surface area contributed by atoms with E-state index >= 15 is 0 Å². The van der Waals surface area contributed by atoms with Gasteiger partial charge in [-0.2, -0.15) is 0 Å². The molecule has 0 radical (unpaired) electrons. The lowest BCUT2D eigenvalue weighted by Crippen LogP contribution is -2.46. The minimum Gasteiger partial charge on any atom is -0.497 e. The third-order valence-corrected chi connectivity index (χ3v) is 5.02. The number of carbonyl (C=O) groups is 2. The molecule has 0 saturated carbocycles. The molecular weight excluding hydrogens is 372 g/mol. The standard InChI is InChI=1S/C21H28N4O4/c1-24(2)11-9-22-20(26)16-7-5-10-25(14-16)21(27)18-13-19(29-23-18)15-6-4-8-17(12-15)28-3/h4,6,8,12-13,16H,5,7,9-11,14H2,1-3H3,(H,22,26). The molecule has 2 aromatic rings. The Labute approximate surface area is 170 Å². The smallest absolute Gasteiger partial charge is 0.276 e. The van der Waals surface area contributed by atoms with Gasteiger partial charge in [-0.1, -0.05) is 17.3 Å². The van der Waals surface area contributed by atoms with Gasteiger partial charge in [0.25, 0.3) is 5.91 Å². The molecule has 156 valence electrons. The summed E-state index contributed by atoms with van der Waals surface area (Å²) < 4.78 is 10.6. The van der Waals surface area contributed by atoms with Gasteiger partial charge in [0.15, 0.2) is 11.5 Å². The van der Waals surface area contributed by atoms with E-state index in [1.807, 2.05) is 43.3 Å². The van der Waals surface area contributed by atoms with E-state index < -0.39 is 0 Å². The molecule has 1 N–H and O–H groups in total. The van der Waals surface area contributed by atoms with Crippen LogP contribution in [0.25, 0.3) is 11.3 Å². The number of likely N-dealkylation sites (tertiary alicyclic amines) is 1. The fourth-order valence-corrected chi connectivity index (χ4v) is 3.37. The summed E-state index contributed by atoms with van der Waals surface area (Å²) in [5.74, 6) is 0.794. The molecule has 0 bridgehead atoms. The molecular formula is C21H28N4O4. The zero-order valence-corrected chi connectivity index (χ0v) is 17.2. The van der Waals surface area contributed by atoms with Crippen LogP contribution in [0, 0.1) is 5.92 Å². The van der Waals surface area contributed by atoms with Crippen LogP contribution in [0.2, 0.25) is 0 Å².